The van der Waals surface area contributed by atoms with Crippen molar-refractivity contribution in [3.8, 4) is 0 Å². The Hall–Kier alpha value is -1.11. The fraction of sp³-hybridized carbons (Fsp3) is 0.944. The summed E-state index contributed by atoms with van der Waals surface area (Å²) < 4.78 is 75.1. The van der Waals surface area contributed by atoms with Gasteiger partial charge in [0.25, 0.3) is 0 Å². The quantitative estimate of drug-likeness (QED) is 0.651. The minimum atomic E-state index is -4.84. The minimum absolute atomic E-state index is 0.139. The number of aliphatic hydroxyl groups excluding tert-OH is 1. The zero-order valence-electron chi connectivity index (χ0n) is 16.9. The summed E-state index contributed by atoms with van der Waals surface area (Å²) in [6.45, 7) is -0.668. The maximum absolute atomic E-state index is 12.7. The van der Waals surface area contributed by atoms with E-state index in [-0.39, 0.29) is 30.8 Å². The summed E-state index contributed by atoms with van der Waals surface area (Å²) in [5.41, 5.74) is -0.608. The zero-order valence-corrected chi connectivity index (χ0v) is 17.8. The van der Waals surface area contributed by atoms with Crippen LogP contribution in [0.25, 0.3) is 0 Å². The van der Waals surface area contributed by atoms with Crippen LogP contribution in [0.3, 0.4) is 0 Å². The number of hydrogen-bond donors (Lipinski definition) is 1. The number of nitrogens with zero attached hydrogens (tertiary/aromatic N) is 2. The zero-order chi connectivity index (χ0) is 22.2. The Balaban J connectivity index is 1.55. The molecule has 0 aromatic heterocycles. The number of aliphatic hydroxyl groups is 1. The van der Waals surface area contributed by atoms with Crippen molar-refractivity contribution in [2.75, 3.05) is 39.1 Å². The average Bonchev–Trinajstić information content (AvgIpc) is 3.48. The van der Waals surface area contributed by atoms with Gasteiger partial charge in [-0.3, -0.25) is 0 Å². The fourth-order valence-corrected chi connectivity index (χ4v) is 5.89. The molecule has 3 aliphatic rings. The highest BCUT2D eigenvalue weighted by Gasteiger charge is 2.46. The van der Waals surface area contributed by atoms with E-state index in [9.17, 15) is 26.4 Å². The average molecular weight is 458 g/mol. The highest BCUT2D eigenvalue weighted by molar-refractivity contribution is 7.89. The Morgan fingerprint density at radius 2 is 1.93 bits per heavy atom. The molecule has 1 N–H and O–H groups in total. The molecule has 1 unspecified atom stereocenters. The van der Waals surface area contributed by atoms with E-state index in [1.165, 1.54) is 9.21 Å². The lowest BCUT2D eigenvalue weighted by molar-refractivity contribution is -0.215. The number of amides is 1. The SMILES string of the molecule is CN(C1CCOC2(CCN(C(=O)O[C@H](CO)C(F)(F)F)CC2)C1)S(=O)(=O)CC1CC1. The second-order valence-electron chi connectivity index (χ2n) is 8.50. The molecule has 0 aromatic carbocycles. The van der Waals surface area contributed by atoms with E-state index in [2.05, 4.69) is 4.74 Å². The normalized spacial score (nSPS) is 26.1. The highest BCUT2D eigenvalue weighted by atomic mass is 32.2. The molecule has 2 aliphatic heterocycles. The molecule has 3 rings (SSSR count). The van der Waals surface area contributed by atoms with Gasteiger partial charge in [-0.05, 0) is 44.4 Å². The maximum atomic E-state index is 12.7. The molecule has 0 aromatic rings. The first-order chi connectivity index (χ1) is 14.0. The van der Waals surface area contributed by atoms with Gasteiger partial charge in [-0.1, -0.05) is 0 Å². The smallest absolute Gasteiger partial charge is 0.427 e. The largest absolute Gasteiger partial charge is 0.434 e. The van der Waals surface area contributed by atoms with Crippen LogP contribution in [-0.4, -0.2) is 91.8 Å². The molecule has 0 bridgehead atoms. The maximum Gasteiger partial charge on any atom is 0.427 e. The summed E-state index contributed by atoms with van der Waals surface area (Å²) in [6.07, 6.45) is -4.80. The van der Waals surface area contributed by atoms with Crippen molar-refractivity contribution in [1.82, 2.24) is 9.21 Å². The van der Waals surface area contributed by atoms with E-state index < -0.39 is 40.6 Å². The Kier molecular flexibility index (Phi) is 6.90. The molecular weight excluding hydrogens is 429 g/mol. The lowest BCUT2D eigenvalue weighted by Gasteiger charge is -2.47. The molecule has 8 nitrogen and oxygen atoms in total. The summed E-state index contributed by atoms with van der Waals surface area (Å²) >= 11 is 0. The van der Waals surface area contributed by atoms with Gasteiger partial charge in [0.1, 0.15) is 0 Å². The lowest BCUT2D eigenvalue weighted by atomic mass is 9.82. The number of ether oxygens (including phenoxy) is 2. The van der Waals surface area contributed by atoms with Crippen LogP contribution in [0, 0.1) is 5.92 Å². The molecular formula is C18H29F3N2O6S. The van der Waals surface area contributed by atoms with Gasteiger partial charge in [0, 0.05) is 32.8 Å². The summed E-state index contributed by atoms with van der Waals surface area (Å²) in [5.74, 6) is 0.415. The number of carbonyl (C=O) groups excluding carboxylic acids is 1. The molecule has 12 heteroatoms. The van der Waals surface area contributed by atoms with Gasteiger partial charge in [-0.25, -0.2) is 17.5 Å². The van der Waals surface area contributed by atoms with E-state index in [1.54, 1.807) is 7.05 Å². The van der Waals surface area contributed by atoms with Gasteiger partial charge in [0.2, 0.25) is 16.1 Å². The number of sulfonamides is 1. The van der Waals surface area contributed by atoms with E-state index >= 15 is 0 Å². The van der Waals surface area contributed by atoms with Crippen LogP contribution in [0.4, 0.5) is 18.0 Å². The van der Waals surface area contributed by atoms with Gasteiger partial charge in [-0.2, -0.15) is 13.2 Å². The monoisotopic (exact) mass is 458 g/mol. The van der Waals surface area contributed by atoms with Crippen molar-refractivity contribution in [2.45, 2.75) is 62.4 Å². The van der Waals surface area contributed by atoms with Crippen LogP contribution < -0.4 is 0 Å². The van der Waals surface area contributed by atoms with Gasteiger partial charge in [0.15, 0.2) is 0 Å². The second kappa shape index (κ2) is 8.79. The van der Waals surface area contributed by atoms with E-state index in [0.717, 1.165) is 12.8 Å². The summed E-state index contributed by atoms with van der Waals surface area (Å²) in [7, 11) is -1.75. The second-order valence-corrected chi connectivity index (χ2v) is 10.6. The highest BCUT2D eigenvalue weighted by Crippen LogP contribution is 2.38. The predicted molar refractivity (Wildman–Crippen MR) is 100 cm³/mol. The molecule has 2 saturated heterocycles. The van der Waals surface area contributed by atoms with Crippen LogP contribution in [0.15, 0.2) is 0 Å². The van der Waals surface area contributed by atoms with Crippen LogP contribution in [0.2, 0.25) is 0 Å². The molecule has 1 aliphatic carbocycles. The molecule has 30 heavy (non-hydrogen) atoms. The third-order valence-electron chi connectivity index (χ3n) is 6.27. The number of likely N-dealkylation sites (tertiary alicyclic amines) is 1. The first kappa shape index (κ1) is 23.6. The Morgan fingerprint density at radius 3 is 2.47 bits per heavy atom. The molecule has 2 atom stereocenters. The number of alkyl halides is 3. The van der Waals surface area contributed by atoms with Gasteiger partial charge in [-0.15, -0.1) is 0 Å². The predicted octanol–water partition coefficient (Wildman–Crippen LogP) is 1.73. The number of hydrogen-bond acceptors (Lipinski definition) is 6. The van der Waals surface area contributed by atoms with Crippen molar-refractivity contribution in [3.05, 3.63) is 0 Å². The molecule has 1 spiro atoms. The van der Waals surface area contributed by atoms with E-state index in [1.807, 2.05) is 0 Å². The molecule has 3 fully saturated rings. The van der Waals surface area contributed by atoms with Crippen LogP contribution in [0.5, 0.6) is 0 Å². The van der Waals surface area contributed by atoms with Gasteiger partial charge < -0.3 is 19.5 Å². The number of rotatable bonds is 6. The standard InChI is InChI=1S/C18H29F3N2O6S/c1-22(30(26,27)12-13-2-3-13)14-4-9-28-17(10-14)5-7-23(8-6-17)16(25)29-15(11-24)18(19,20)21/h13-15,24H,2-12H2,1H3/t14?,15-/m1/s1. The van der Waals surface area contributed by atoms with Crippen molar-refractivity contribution < 1.29 is 41.0 Å². The summed E-state index contributed by atoms with van der Waals surface area (Å²) in [4.78, 5) is 13.2. The molecule has 1 amide bonds. The molecule has 2 heterocycles. The topological polar surface area (TPSA) is 96.4 Å². The third kappa shape index (κ3) is 5.57. The van der Waals surface area contributed by atoms with Crippen molar-refractivity contribution >= 4 is 16.1 Å². The number of carbonyl (C=O) groups is 1. The fourth-order valence-electron chi connectivity index (χ4n) is 4.09. The van der Waals surface area contributed by atoms with Gasteiger partial charge in [0.05, 0.1) is 18.0 Å². The van der Waals surface area contributed by atoms with E-state index in [0.29, 0.717) is 32.3 Å². The summed E-state index contributed by atoms with van der Waals surface area (Å²) in [5, 5.41) is 8.82. The van der Waals surface area contributed by atoms with Gasteiger partial charge >= 0.3 is 12.3 Å². The molecule has 0 radical (unpaired) electrons. The Morgan fingerprint density at radius 1 is 1.30 bits per heavy atom. The third-order valence-corrected chi connectivity index (χ3v) is 8.34. The van der Waals surface area contributed by atoms with Crippen molar-refractivity contribution in [2.24, 2.45) is 5.92 Å². The first-order valence-electron chi connectivity index (χ1n) is 10.2. The van der Waals surface area contributed by atoms with Crippen LogP contribution in [0.1, 0.15) is 38.5 Å². The van der Waals surface area contributed by atoms with Crippen molar-refractivity contribution in [3.63, 3.8) is 0 Å². The van der Waals surface area contributed by atoms with Crippen LogP contribution >= 0.6 is 0 Å². The lowest BCUT2D eigenvalue weighted by Crippen LogP contribution is -2.55. The summed E-state index contributed by atoms with van der Waals surface area (Å²) in [6, 6.07) is -0.204. The van der Waals surface area contributed by atoms with Crippen molar-refractivity contribution in [1.29, 1.82) is 0 Å². The Bertz CT molecular complexity index is 720. The van der Waals surface area contributed by atoms with E-state index in [4.69, 9.17) is 9.84 Å². The molecule has 174 valence electrons. The van der Waals surface area contributed by atoms with Crippen LogP contribution in [-0.2, 0) is 19.5 Å². The minimum Gasteiger partial charge on any atom is -0.434 e. The first-order valence-corrected chi connectivity index (χ1v) is 11.8. The number of piperidine rings is 1. The Labute approximate surface area is 174 Å². The molecule has 1 saturated carbocycles. The number of halogens is 3.